The zero-order valence-electron chi connectivity index (χ0n) is 10.5. The molecular formula is C13H24O2. The fraction of sp³-hybridized carbons (Fsp3) is 0.846. The third kappa shape index (κ3) is 9.64. The second kappa shape index (κ2) is 7.61. The van der Waals surface area contributed by atoms with Crippen LogP contribution in [-0.4, -0.2) is 11.6 Å². The van der Waals surface area contributed by atoms with Gasteiger partial charge >= 0.3 is 0 Å². The molecule has 0 saturated heterocycles. The van der Waals surface area contributed by atoms with Gasteiger partial charge in [0, 0.05) is 25.7 Å². The molecule has 15 heavy (non-hydrogen) atoms. The Morgan fingerprint density at radius 3 is 1.40 bits per heavy atom. The molecule has 0 spiro atoms. The van der Waals surface area contributed by atoms with Crippen LogP contribution in [0.1, 0.15) is 59.8 Å². The Labute approximate surface area is 93.4 Å². The average molecular weight is 212 g/mol. The van der Waals surface area contributed by atoms with E-state index in [0.29, 0.717) is 49.1 Å². The van der Waals surface area contributed by atoms with Crippen LogP contribution in [0.2, 0.25) is 0 Å². The van der Waals surface area contributed by atoms with Gasteiger partial charge in [0.05, 0.1) is 0 Å². The van der Waals surface area contributed by atoms with E-state index in [1.54, 1.807) is 0 Å². The lowest BCUT2D eigenvalue weighted by Crippen LogP contribution is -2.06. The zero-order chi connectivity index (χ0) is 11.8. The predicted molar refractivity (Wildman–Crippen MR) is 62.8 cm³/mol. The van der Waals surface area contributed by atoms with Crippen molar-refractivity contribution in [3.8, 4) is 0 Å². The minimum atomic E-state index is 0.294. The minimum Gasteiger partial charge on any atom is -0.300 e. The Hall–Kier alpha value is -0.660. The third-order valence-electron chi connectivity index (χ3n) is 2.18. The van der Waals surface area contributed by atoms with Crippen LogP contribution in [-0.2, 0) is 9.59 Å². The summed E-state index contributed by atoms with van der Waals surface area (Å²) in [6.45, 7) is 8.17. The molecule has 0 N–H and O–H groups in total. The quantitative estimate of drug-likeness (QED) is 0.618. The number of ketones is 2. The summed E-state index contributed by atoms with van der Waals surface area (Å²) < 4.78 is 0. The second-order valence-electron chi connectivity index (χ2n) is 5.13. The molecule has 0 amide bonds. The van der Waals surface area contributed by atoms with Gasteiger partial charge in [-0.3, -0.25) is 9.59 Å². The Kier molecular flexibility index (Phi) is 7.27. The van der Waals surface area contributed by atoms with Crippen LogP contribution in [0.15, 0.2) is 0 Å². The van der Waals surface area contributed by atoms with E-state index in [0.717, 1.165) is 6.42 Å². The standard InChI is InChI=1S/C13H24O2/c1-10(2)8-12(14)6-5-7-13(15)9-11(3)4/h10-11H,5-9H2,1-4H3. The molecular weight excluding hydrogens is 188 g/mol. The second-order valence-corrected chi connectivity index (χ2v) is 5.13. The highest BCUT2D eigenvalue weighted by molar-refractivity contribution is 5.81. The van der Waals surface area contributed by atoms with Gasteiger partial charge in [-0.1, -0.05) is 27.7 Å². The molecule has 0 radical (unpaired) electrons. The Morgan fingerprint density at radius 2 is 1.13 bits per heavy atom. The van der Waals surface area contributed by atoms with E-state index in [9.17, 15) is 9.59 Å². The lowest BCUT2D eigenvalue weighted by Gasteiger charge is -2.05. The number of carbonyl (C=O) groups excluding carboxylic acids is 2. The lowest BCUT2D eigenvalue weighted by molar-refractivity contribution is -0.121. The first-order chi connectivity index (χ1) is 6.91. The molecule has 0 aliphatic carbocycles. The largest absolute Gasteiger partial charge is 0.300 e. The van der Waals surface area contributed by atoms with Gasteiger partial charge in [-0.15, -0.1) is 0 Å². The van der Waals surface area contributed by atoms with Gasteiger partial charge in [0.1, 0.15) is 11.6 Å². The first-order valence-electron chi connectivity index (χ1n) is 5.95. The Balaban J connectivity index is 3.53. The predicted octanol–water partition coefficient (Wildman–Crippen LogP) is 3.39. The summed E-state index contributed by atoms with van der Waals surface area (Å²) in [5.41, 5.74) is 0. The summed E-state index contributed by atoms with van der Waals surface area (Å²) in [7, 11) is 0. The molecule has 0 heterocycles. The summed E-state index contributed by atoms with van der Waals surface area (Å²) in [4.78, 5) is 22.7. The van der Waals surface area contributed by atoms with Gasteiger partial charge in [0.25, 0.3) is 0 Å². The van der Waals surface area contributed by atoms with Crippen LogP contribution >= 0.6 is 0 Å². The molecule has 0 aromatic rings. The summed E-state index contributed by atoms with van der Waals surface area (Å²) in [6, 6.07) is 0. The van der Waals surface area contributed by atoms with Crippen molar-refractivity contribution in [2.45, 2.75) is 59.8 Å². The zero-order valence-corrected chi connectivity index (χ0v) is 10.5. The number of carbonyl (C=O) groups is 2. The summed E-state index contributed by atoms with van der Waals surface area (Å²) >= 11 is 0. The van der Waals surface area contributed by atoms with Crippen molar-refractivity contribution in [3.63, 3.8) is 0 Å². The fourth-order valence-corrected chi connectivity index (χ4v) is 1.60. The van der Waals surface area contributed by atoms with Crippen LogP contribution < -0.4 is 0 Å². The van der Waals surface area contributed by atoms with Crippen molar-refractivity contribution < 1.29 is 9.59 Å². The van der Waals surface area contributed by atoms with E-state index in [1.165, 1.54) is 0 Å². The highest BCUT2D eigenvalue weighted by atomic mass is 16.1. The van der Waals surface area contributed by atoms with Crippen LogP contribution in [0, 0.1) is 11.8 Å². The van der Waals surface area contributed by atoms with Crippen LogP contribution in [0.5, 0.6) is 0 Å². The van der Waals surface area contributed by atoms with E-state index >= 15 is 0 Å². The summed E-state index contributed by atoms with van der Waals surface area (Å²) in [6.07, 6.45) is 3.18. The first kappa shape index (κ1) is 14.3. The van der Waals surface area contributed by atoms with Gasteiger partial charge in [-0.05, 0) is 18.3 Å². The number of Topliss-reactive ketones (excluding diaryl/α,β-unsaturated/α-hetero) is 2. The molecule has 0 saturated carbocycles. The van der Waals surface area contributed by atoms with Crippen LogP contribution in [0.4, 0.5) is 0 Å². The molecule has 0 aromatic carbocycles. The lowest BCUT2D eigenvalue weighted by atomic mass is 9.99. The normalized spacial score (nSPS) is 11.1. The van der Waals surface area contributed by atoms with Gasteiger partial charge < -0.3 is 0 Å². The van der Waals surface area contributed by atoms with Crippen molar-refractivity contribution in [2.24, 2.45) is 11.8 Å². The van der Waals surface area contributed by atoms with Gasteiger partial charge in [-0.25, -0.2) is 0 Å². The Morgan fingerprint density at radius 1 is 0.800 bits per heavy atom. The molecule has 2 heteroatoms. The number of hydrogen-bond acceptors (Lipinski definition) is 2. The third-order valence-corrected chi connectivity index (χ3v) is 2.18. The molecule has 0 aliphatic rings. The molecule has 0 aromatic heterocycles. The molecule has 0 rings (SSSR count). The molecule has 2 nitrogen and oxygen atoms in total. The molecule has 0 unspecified atom stereocenters. The number of rotatable bonds is 8. The van der Waals surface area contributed by atoms with Crippen molar-refractivity contribution in [1.82, 2.24) is 0 Å². The SMILES string of the molecule is CC(C)CC(=O)CCCC(=O)CC(C)C. The van der Waals surface area contributed by atoms with E-state index in [-0.39, 0.29) is 0 Å². The fourth-order valence-electron chi connectivity index (χ4n) is 1.60. The van der Waals surface area contributed by atoms with Crippen molar-refractivity contribution in [2.75, 3.05) is 0 Å². The van der Waals surface area contributed by atoms with E-state index < -0.39 is 0 Å². The number of hydrogen-bond donors (Lipinski definition) is 0. The van der Waals surface area contributed by atoms with E-state index in [2.05, 4.69) is 0 Å². The molecule has 0 atom stereocenters. The maximum Gasteiger partial charge on any atom is 0.133 e. The van der Waals surface area contributed by atoms with Crippen LogP contribution in [0.25, 0.3) is 0 Å². The molecule has 0 bridgehead atoms. The van der Waals surface area contributed by atoms with Crippen molar-refractivity contribution in [1.29, 1.82) is 0 Å². The highest BCUT2D eigenvalue weighted by Gasteiger charge is 2.08. The molecule has 0 fully saturated rings. The Bertz CT molecular complexity index is 183. The van der Waals surface area contributed by atoms with Crippen molar-refractivity contribution >= 4 is 11.6 Å². The van der Waals surface area contributed by atoms with E-state index in [4.69, 9.17) is 0 Å². The maximum absolute atomic E-state index is 11.3. The van der Waals surface area contributed by atoms with E-state index in [1.807, 2.05) is 27.7 Å². The van der Waals surface area contributed by atoms with Gasteiger partial charge in [0.2, 0.25) is 0 Å². The molecule has 0 aliphatic heterocycles. The van der Waals surface area contributed by atoms with Gasteiger partial charge in [0.15, 0.2) is 0 Å². The first-order valence-corrected chi connectivity index (χ1v) is 5.95. The van der Waals surface area contributed by atoms with Gasteiger partial charge in [-0.2, -0.15) is 0 Å². The maximum atomic E-state index is 11.3. The smallest absolute Gasteiger partial charge is 0.133 e. The minimum absolute atomic E-state index is 0.294. The van der Waals surface area contributed by atoms with Crippen LogP contribution in [0.3, 0.4) is 0 Å². The monoisotopic (exact) mass is 212 g/mol. The van der Waals surface area contributed by atoms with Crippen molar-refractivity contribution in [3.05, 3.63) is 0 Å². The average Bonchev–Trinajstić information content (AvgIpc) is 2.00. The summed E-state index contributed by atoms with van der Waals surface area (Å²) in [5.74, 6) is 1.46. The summed E-state index contributed by atoms with van der Waals surface area (Å²) in [5, 5.41) is 0. The molecule has 88 valence electrons. The highest BCUT2D eigenvalue weighted by Crippen LogP contribution is 2.09. The topological polar surface area (TPSA) is 34.1 Å².